The fourth-order valence-corrected chi connectivity index (χ4v) is 2.91. The fourth-order valence-electron chi connectivity index (χ4n) is 2.91. The van der Waals surface area contributed by atoms with Crippen LogP contribution in [0.3, 0.4) is 0 Å². The second-order valence-corrected chi connectivity index (χ2v) is 6.33. The van der Waals surface area contributed by atoms with E-state index in [4.69, 9.17) is 0 Å². The van der Waals surface area contributed by atoms with Crippen LogP contribution in [-0.2, 0) is 6.54 Å². The molecule has 1 aromatic heterocycles. The van der Waals surface area contributed by atoms with E-state index in [0.717, 1.165) is 34.8 Å². The molecule has 0 unspecified atom stereocenters. The maximum atomic E-state index is 13.9. The number of benzene rings is 2. The highest BCUT2D eigenvalue weighted by Gasteiger charge is 2.17. The number of nitrogens with zero attached hydrogens (tertiary/aromatic N) is 3. The third-order valence-electron chi connectivity index (χ3n) is 4.11. The SMILES string of the molecule is Cc1cc(C)n(-c2cccc(CN(C)C(=O)c3cc(O)ccc3F)c2)n1. The average molecular weight is 353 g/mol. The molecule has 0 saturated heterocycles. The highest BCUT2D eigenvalue weighted by molar-refractivity contribution is 5.94. The van der Waals surface area contributed by atoms with E-state index >= 15 is 0 Å². The topological polar surface area (TPSA) is 58.4 Å². The van der Waals surface area contributed by atoms with Crippen molar-refractivity contribution >= 4 is 5.91 Å². The number of halogens is 1. The molecule has 0 aliphatic rings. The van der Waals surface area contributed by atoms with Crippen molar-refractivity contribution in [1.29, 1.82) is 0 Å². The number of aromatic hydroxyl groups is 1. The van der Waals surface area contributed by atoms with Gasteiger partial charge in [0.05, 0.1) is 16.9 Å². The zero-order chi connectivity index (χ0) is 18.8. The first-order chi connectivity index (χ1) is 12.3. The van der Waals surface area contributed by atoms with Gasteiger partial charge in [-0.15, -0.1) is 0 Å². The molecular formula is C20H20FN3O2. The molecule has 5 nitrogen and oxygen atoms in total. The summed E-state index contributed by atoms with van der Waals surface area (Å²) in [5.41, 5.74) is 3.59. The van der Waals surface area contributed by atoms with Crippen LogP contribution in [0.25, 0.3) is 5.69 Å². The number of aromatic nitrogens is 2. The smallest absolute Gasteiger partial charge is 0.257 e. The number of hydrogen-bond acceptors (Lipinski definition) is 3. The Hall–Kier alpha value is -3.15. The lowest BCUT2D eigenvalue weighted by molar-refractivity contribution is 0.0780. The quantitative estimate of drug-likeness (QED) is 0.780. The van der Waals surface area contributed by atoms with Crippen molar-refractivity contribution in [1.82, 2.24) is 14.7 Å². The molecule has 0 fully saturated rings. The molecule has 0 spiro atoms. The number of aryl methyl sites for hydroxylation is 2. The van der Waals surface area contributed by atoms with Gasteiger partial charge in [-0.05, 0) is 55.8 Å². The molecule has 3 rings (SSSR count). The fraction of sp³-hybridized carbons (Fsp3) is 0.200. The van der Waals surface area contributed by atoms with Crippen molar-refractivity contribution in [3.8, 4) is 11.4 Å². The highest BCUT2D eigenvalue weighted by atomic mass is 19.1. The first-order valence-corrected chi connectivity index (χ1v) is 8.21. The molecule has 1 N–H and O–H groups in total. The van der Waals surface area contributed by atoms with Gasteiger partial charge in [-0.1, -0.05) is 12.1 Å². The summed E-state index contributed by atoms with van der Waals surface area (Å²) >= 11 is 0. The number of rotatable bonds is 4. The standard InChI is InChI=1S/C20H20FN3O2/c1-13-9-14(2)24(22-13)16-6-4-5-15(10-16)12-23(3)20(26)18-11-17(25)7-8-19(18)21/h4-11,25H,12H2,1-3H3. The summed E-state index contributed by atoms with van der Waals surface area (Å²) in [5.74, 6) is -1.29. The Kier molecular flexibility index (Phi) is 4.75. The van der Waals surface area contributed by atoms with Gasteiger partial charge in [-0.2, -0.15) is 5.10 Å². The summed E-state index contributed by atoms with van der Waals surface area (Å²) in [5, 5.41) is 14.0. The maximum absolute atomic E-state index is 13.9. The zero-order valence-corrected chi connectivity index (χ0v) is 14.9. The summed E-state index contributed by atoms with van der Waals surface area (Å²) in [7, 11) is 1.60. The molecule has 134 valence electrons. The molecule has 3 aromatic rings. The molecule has 0 aliphatic heterocycles. The average Bonchev–Trinajstić information content (AvgIpc) is 2.95. The number of hydrogen-bond donors (Lipinski definition) is 1. The number of carbonyl (C=O) groups excluding carboxylic acids is 1. The predicted octanol–water partition coefficient (Wildman–Crippen LogP) is 3.61. The number of phenols is 1. The van der Waals surface area contributed by atoms with E-state index in [1.54, 1.807) is 7.05 Å². The molecule has 0 aliphatic carbocycles. The summed E-state index contributed by atoms with van der Waals surface area (Å²) in [6, 6.07) is 13.1. The van der Waals surface area contributed by atoms with Gasteiger partial charge in [0, 0.05) is 19.3 Å². The summed E-state index contributed by atoms with van der Waals surface area (Å²) in [4.78, 5) is 13.9. The van der Waals surface area contributed by atoms with Crippen molar-refractivity contribution in [3.05, 3.63) is 76.9 Å². The molecular weight excluding hydrogens is 333 g/mol. The Morgan fingerprint density at radius 3 is 2.65 bits per heavy atom. The van der Waals surface area contributed by atoms with Crippen LogP contribution in [0.2, 0.25) is 0 Å². The molecule has 0 saturated carbocycles. The minimum absolute atomic E-state index is 0.144. The van der Waals surface area contributed by atoms with Crippen molar-refractivity contribution in [2.24, 2.45) is 0 Å². The third-order valence-corrected chi connectivity index (χ3v) is 4.11. The maximum Gasteiger partial charge on any atom is 0.257 e. The second-order valence-electron chi connectivity index (χ2n) is 6.33. The van der Waals surface area contributed by atoms with Crippen LogP contribution in [0.4, 0.5) is 4.39 Å². The van der Waals surface area contributed by atoms with Gasteiger partial charge in [0.15, 0.2) is 0 Å². The van der Waals surface area contributed by atoms with Crippen molar-refractivity contribution in [2.45, 2.75) is 20.4 Å². The highest BCUT2D eigenvalue weighted by Crippen LogP contribution is 2.19. The van der Waals surface area contributed by atoms with Crippen LogP contribution in [-0.4, -0.2) is 32.7 Å². The summed E-state index contributed by atoms with van der Waals surface area (Å²) < 4.78 is 15.7. The third kappa shape index (κ3) is 3.59. The summed E-state index contributed by atoms with van der Waals surface area (Å²) in [6.07, 6.45) is 0. The van der Waals surface area contributed by atoms with Gasteiger partial charge in [0.25, 0.3) is 5.91 Å². The van der Waals surface area contributed by atoms with Crippen LogP contribution >= 0.6 is 0 Å². The Morgan fingerprint density at radius 1 is 1.19 bits per heavy atom. The van der Waals surface area contributed by atoms with E-state index in [1.165, 1.54) is 11.0 Å². The minimum atomic E-state index is -0.656. The number of phenolic OH excluding ortho intramolecular Hbond substituents is 1. The zero-order valence-electron chi connectivity index (χ0n) is 14.9. The van der Waals surface area contributed by atoms with Gasteiger partial charge in [0.1, 0.15) is 11.6 Å². The van der Waals surface area contributed by atoms with E-state index in [-0.39, 0.29) is 11.3 Å². The molecule has 26 heavy (non-hydrogen) atoms. The Bertz CT molecular complexity index is 965. The molecule has 0 atom stereocenters. The largest absolute Gasteiger partial charge is 0.508 e. The molecule has 2 aromatic carbocycles. The van der Waals surface area contributed by atoms with E-state index in [0.29, 0.717) is 6.54 Å². The minimum Gasteiger partial charge on any atom is -0.508 e. The van der Waals surface area contributed by atoms with E-state index < -0.39 is 11.7 Å². The lowest BCUT2D eigenvalue weighted by atomic mass is 10.1. The lowest BCUT2D eigenvalue weighted by Gasteiger charge is -2.18. The van der Waals surface area contributed by atoms with Crippen LogP contribution in [0.5, 0.6) is 5.75 Å². The van der Waals surface area contributed by atoms with Gasteiger partial charge in [-0.3, -0.25) is 4.79 Å². The van der Waals surface area contributed by atoms with Crippen LogP contribution in [0, 0.1) is 19.7 Å². The monoisotopic (exact) mass is 353 g/mol. The van der Waals surface area contributed by atoms with Crippen molar-refractivity contribution < 1.29 is 14.3 Å². The molecule has 0 radical (unpaired) electrons. The first-order valence-electron chi connectivity index (χ1n) is 8.21. The Labute approximate surface area is 151 Å². The van der Waals surface area contributed by atoms with Crippen molar-refractivity contribution in [2.75, 3.05) is 7.05 Å². The van der Waals surface area contributed by atoms with Gasteiger partial charge < -0.3 is 10.0 Å². The first kappa shape index (κ1) is 17.7. The molecule has 0 bridgehead atoms. The number of carbonyl (C=O) groups is 1. The predicted molar refractivity (Wildman–Crippen MR) is 96.9 cm³/mol. The van der Waals surface area contributed by atoms with Gasteiger partial charge in [-0.25, -0.2) is 9.07 Å². The molecule has 6 heteroatoms. The Balaban J connectivity index is 1.82. The van der Waals surface area contributed by atoms with Crippen LogP contribution < -0.4 is 0 Å². The van der Waals surface area contributed by atoms with Gasteiger partial charge in [0.2, 0.25) is 0 Å². The van der Waals surface area contributed by atoms with Crippen molar-refractivity contribution in [3.63, 3.8) is 0 Å². The lowest BCUT2D eigenvalue weighted by Crippen LogP contribution is -2.27. The van der Waals surface area contributed by atoms with Gasteiger partial charge >= 0.3 is 0 Å². The number of amides is 1. The normalized spacial score (nSPS) is 10.8. The van der Waals surface area contributed by atoms with Crippen LogP contribution in [0.1, 0.15) is 27.3 Å². The van der Waals surface area contributed by atoms with Crippen LogP contribution in [0.15, 0.2) is 48.5 Å². The molecule has 1 heterocycles. The second kappa shape index (κ2) is 7.00. The summed E-state index contributed by atoms with van der Waals surface area (Å²) in [6.45, 7) is 4.22. The Morgan fingerprint density at radius 2 is 1.96 bits per heavy atom. The van der Waals surface area contributed by atoms with E-state index in [2.05, 4.69) is 5.10 Å². The van der Waals surface area contributed by atoms with E-state index in [9.17, 15) is 14.3 Å². The molecule has 1 amide bonds. The van der Waals surface area contributed by atoms with E-state index in [1.807, 2.05) is 48.9 Å².